The van der Waals surface area contributed by atoms with E-state index in [-0.39, 0.29) is 5.91 Å². The molecule has 1 fully saturated rings. The molecule has 1 aliphatic rings. The number of nitrogens with one attached hydrogen (secondary N) is 1. The number of pyridine rings is 1. The summed E-state index contributed by atoms with van der Waals surface area (Å²) in [4.78, 5) is 33.6. The molecule has 1 saturated heterocycles. The van der Waals surface area contributed by atoms with Crippen molar-refractivity contribution in [1.29, 1.82) is 0 Å². The zero-order valence-electron chi connectivity index (χ0n) is 19.2. The first kappa shape index (κ1) is 23.3. The first-order chi connectivity index (χ1) is 16.5. The summed E-state index contributed by atoms with van der Waals surface area (Å²) in [5, 5.41) is 3.31. The van der Waals surface area contributed by atoms with Gasteiger partial charge in [-0.1, -0.05) is 36.4 Å². The van der Waals surface area contributed by atoms with Crippen LogP contribution in [0.2, 0.25) is 0 Å². The van der Waals surface area contributed by atoms with Crippen LogP contribution >= 0.6 is 0 Å². The van der Waals surface area contributed by atoms with Crippen LogP contribution in [0.1, 0.15) is 21.5 Å². The van der Waals surface area contributed by atoms with Crippen molar-refractivity contribution >= 4 is 17.5 Å². The van der Waals surface area contributed by atoms with Gasteiger partial charge in [-0.2, -0.15) is 0 Å². The number of nitrogens with zero attached hydrogens (tertiary/aromatic N) is 3. The van der Waals surface area contributed by atoms with E-state index >= 15 is 0 Å². The molecule has 34 heavy (non-hydrogen) atoms. The number of methoxy groups -OCH3 is 1. The fourth-order valence-electron chi connectivity index (χ4n) is 4.16. The average molecular weight is 460 g/mol. The molecule has 0 aliphatic carbocycles. The lowest BCUT2D eigenvalue weighted by molar-refractivity contribution is -0.124. The number of piperazine rings is 1. The molecule has 176 valence electrons. The number of primary amides is 1. The van der Waals surface area contributed by atoms with Crippen LogP contribution in [0.4, 0.5) is 5.69 Å². The van der Waals surface area contributed by atoms with Gasteiger partial charge < -0.3 is 20.7 Å². The largest absolute Gasteiger partial charge is 0.495 e. The normalized spacial score (nSPS) is 16.1. The van der Waals surface area contributed by atoms with E-state index in [1.54, 1.807) is 42.6 Å². The van der Waals surface area contributed by atoms with Gasteiger partial charge in [-0.25, -0.2) is 0 Å². The van der Waals surface area contributed by atoms with Gasteiger partial charge in [0.1, 0.15) is 11.8 Å². The highest BCUT2D eigenvalue weighted by Crippen LogP contribution is 2.27. The summed E-state index contributed by atoms with van der Waals surface area (Å²) in [7, 11) is 1.58. The third-order valence-electron chi connectivity index (χ3n) is 5.95. The summed E-state index contributed by atoms with van der Waals surface area (Å²) >= 11 is 0. The number of hydrogen-bond donors (Lipinski definition) is 2. The molecule has 3 aromatic rings. The Morgan fingerprint density at radius 2 is 1.88 bits per heavy atom. The molecule has 0 saturated carbocycles. The fourth-order valence-corrected chi connectivity index (χ4v) is 4.16. The predicted molar refractivity (Wildman–Crippen MR) is 130 cm³/mol. The Morgan fingerprint density at radius 1 is 1.09 bits per heavy atom. The first-order valence-electron chi connectivity index (χ1n) is 11.2. The quantitative estimate of drug-likeness (QED) is 0.537. The number of benzene rings is 2. The monoisotopic (exact) mass is 459 g/mol. The van der Waals surface area contributed by atoms with Crippen molar-refractivity contribution in [3.8, 4) is 5.75 Å². The number of amides is 2. The topological polar surface area (TPSA) is 101 Å². The van der Waals surface area contributed by atoms with Crippen LogP contribution in [0.5, 0.6) is 5.75 Å². The van der Waals surface area contributed by atoms with E-state index < -0.39 is 11.9 Å². The van der Waals surface area contributed by atoms with E-state index in [0.717, 1.165) is 11.1 Å². The Balaban J connectivity index is 1.49. The van der Waals surface area contributed by atoms with Crippen LogP contribution in [0, 0.1) is 0 Å². The van der Waals surface area contributed by atoms with Gasteiger partial charge in [0, 0.05) is 50.7 Å². The summed E-state index contributed by atoms with van der Waals surface area (Å²) in [5.74, 6) is -0.107. The van der Waals surface area contributed by atoms with E-state index in [0.29, 0.717) is 49.7 Å². The van der Waals surface area contributed by atoms with Crippen LogP contribution in [-0.2, 0) is 17.9 Å². The average Bonchev–Trinajstić information content (AvgIpc) is 2.88. The van der Waals surface area contributed by atoms with Gasteiger partial charge in [-0.3, -0.25) is 19.5 Å². The SMILES string of the molecule is COc1ccc(C(=O)N2CCN(Cc3ccccc3)C[C@@H]2C(N)=O)cc1NCc1cccnc1. The number of carbonyl (C=O) groups is 2. The number of anilines is 1. The van der Waals surface area contributed by atoms with Crippen LogP contribution < -0.4 is 15.8 Å². The number of aromatic nitrogens is 1. The minimum Gasteiger partial charge on any atom is -0.495 e. The number of carbonyl (C=O) groups excluding carboxylic acids is 2. The van der Waals surface area contributed by atoms with Crippen LogP contribution in [0.25, 0.3) is 0 Å². The van der Waals surface area contributed by atoms with E-state index in [1.807, 2.05) is 42.5 Å². The van der Waals surface area contributed by atoms with Crippen molar-refractivity contribution in [3.05, 3.63) is 89.7 Å². The van der Waals surface area contributed by atoms with Crippen molar-refractivity contribution in [2.45, 2.75) is 19.1 Å². The van der Waals surface area contributed by atoms with Gasteiger partial charge in [-0.05, 0) is 35.4 Å². The molecule has 0 unspecified atom stereocenters. The summed E-state index contributed by atoms with van der Waals surface area (Å²) in [5.41, 5.74) is 9.04. The highest BCUT2D eigenvalue weighted by Gasteiger charge is 2.34. The lowest BCUT2D eigenvalue weighted by Crippen LogP contribution is -2.59. The molecule has 1 aromatic heterocycles. The maximum absolute atomic E-state index is 13.4. The molecule has 3 N–H and O–H groups in total. The maximum Gasteiger partial charge on any atom is 0.254 e. The number of hydrogen-bond acceptors (Lipinski definition) is 6. The molecule has 1 atom stereocenters. The zero-order chi connectivity index (χ0) is 23.9. The van der Waals surface area contributed by atoms with Crippen LogP contribution in [0.3, 0.4) is 0 Å². The van der Waals surface area contributed by atoms with Crippen LogP contribution in [-0.4, -0.2) is 59.4 Å². The van der Waals surface area contributed by atoms with Gasteiger partial charge in [0.2, 0.25) is 5.91 Å². The lowest BCUT2D eigenvalue weighted by atomic mass is 10.1. The molecule has 0 spiro atoms. The Labute approximate surface area is 199 Å². The molecule has 8 nitrogen and oxygen atoms in total. The molecule has 0 radical (unpaired) electrons. The van der Waals surface area contributed by atoms with Crippen molar-refractivity contribution in [2.75, 3.05) is 32.1 Å². The van der Waals surface area contributed by atoms with Gasteiger partial charge >= 0.3 is 0 Å². The minimum atomic E-state index is -0.695. The van der Waals surface area contributed by atoms with Crippen molar-refractivity contribution < 1.29 is 14.3 Å². The maximum atomic E-state index is 13.4. The minimum absolute atomic E-state index is 0.227. The highest BCUT2D eigenvalue weighted by molar-refractivity contribution is 5.98. The third kappa shape index (κ3) is 5.52. The predicted octanol–water partition coefficient (Wildman–Crippen LogP) is 2.51. The molecular formula is C26H29N5O3. The standard InChI is InChI=1S/C26H29N5O3/c1-34-24-10-9-21(14-22(24)29-16-20-8-5-11-28-15-20)26(33)31-13-12-30(18-23(31)25(27)32)17-19-6-3-2-4-7-19/h2-11,14-15,23,29H,12-13,16-18H2,1H3,(H2,27,32)/t23-/m1/s1. The molecule has 1 aliphatic heterocycles. The number of ether oxygens (including phenoxy) is 1. The van der Waals surface area contributed by atoms with Gasteiger partial charge in [0.05, 0.1) is 12.8 Å². The van der Waals surface area contributed by atoms with Crippen molar-refractivity contribution in [2.24, 2.45) is 5.73 Å². The summed E-state index contributed by atoms with van der Waals surface area (Å²) in [6, 6.07) is 18.4. The molecule has 2 amide bonds. The zero-order valence-corrected chi connectivity index (χ0v) is 19.2. The van der Waals surface area contributed by atoms with E-state index in [4.69, 9.17) is 10.5 Å². The lowest BCUT2D eigenvalue weighted by Gasteiger charge is -2.40. The Morgan fingerprint density at radius 3 is 2.59 bits per heavy atom. The Hall–Kier alpha value is -3.91. The second kappa shape index (κ2) is 10.8. The summed E-state index contributed by atoms with van der Waals surface area (Å²) in [6.45, 7) is 2.72. The van der Waals surface area contributed by atoms with Crippen molar-refractivity contribution in [1.82, 2.24) is 14.8 Å². The van der Waals surface area contributed by atoms with Gasteiger partial charge in [-0.15, -0.1) is 0 Å². The molecule has 4 rings (SSSR count). The Kier molecular flexibility index (Phi) is 7.39. The van der Waals surface area contributed by atoms with Gasteiger partial charge in [0.25, 0.3) is 5.91 Å². The molecule has 2 heterocycles. The summed E-state index contributed by atoms with van der Waals surface area (Å²) in [6.07, 6.45) is 3.50. The van der Waals surface area contributed by atoms with E-state index in [1.165, 1.54) is 0 Å². The van der Waals surface area contributed by atoms with Crippen LogP contribution in [0.15, 0.2) is 73.1 Å². The highest BCUT2D eigenvalue weighted by atomic mass is 16.5. The summed E-state index contributed by atoms with van der Waals surface area (Å²) < 4.78 is 5.46. The number of rotatable bonds is 8. The molecular weight excluding hydrogens is 430 g/mol. The first-order valence-corrected chi connectivity index (χ1v) is 11.2. The number of nitrogens with two attached hydrogens (primary N) is 1. The second-order valence-corrected chi connectivity index (χ2v) is 8.27. The smallest absolute Gasteiger partial charge is 0.254 e. The van der Waals surface area contributed by atoms with E-state index in [2.05, 4.69) is 15.2 Å². The van der Waals surface area contributed by atoms with Gasteiger partial charge in [0.15, 0.2) is 0 Å². The molecule has 2 aromatic carbocycles. The molecule has 8 heteroatoms. The molecule has 0 bridgehead atoms. The van der Waals surface area contributed by atoms with Crippen molar-refractivity contribution in [3.63, 3.8) is 0 Å². The Bertz CT molecular complexity index is 1120. The van der Waals surface area contributed by atoms with E-state index in [9.17, 15) is 9.59 Å². The second-order valence-electron chi connectivity index (χ2n) is 8.27. The third-order valence-corrected chi connectivity index (χ3v) is 5.95. The fraction of sp³-hybridized carbons (Fsp3) is 0.269.